The van der Waals surface area contributed by atoms with E-state index in [0.29, 0.717) is 16.1 Å². The number of benzene rings is 1. The van der Waals surface area contributed by atoms with E-state index in [1.807, 2.05) is 0 Å². The molecule has 1 heterocycles. The van der Waals surface area contributed by atoms with E-state index in [9.17, 15) is 4.79 Å². The van der Waals surface area contributed by atoms with E-state index in [-0.39, 0.29) is 20.6 Å². The summed E-state index contributed by atoms with van der Waals surface area (Å²) < 4.78 is 0. The van der Waals surface area contributed by atoms with Gasteiger partial charge in [-0.2, -0.15) is 0 Å². The highest BCUT2D eigenvalue weighted by Gasteiger charge is 2.14. The highest BCUT2D eigenvalue weighted by molar-refractivity contribution is 6.49. The summed E-state index contributed by atoms with van der Waals surface area (Å²) in [5, 5.41) is 0.919. The van der Waals surface area contributed by atoms with Crippen LogP contribution in [0, 0.1) is 0 Å². The van der Waals surface area contributed by atoms with Gasteiger partial charge < -0.3 is 4.98 Å². The Balaban J connectivity index is 2.74. The minimum atomic E-state index is -0.383. The minimum Gasteiger partial charge on any atom is -0.328 e. The van der Waals surface area contributed by atoms with E-state index < -0.39 is 0 Å². The van der Waals surface area contributed by atoms with Gasteiger partial charge in [0.1, 0.15) is 5.02 Å². The molecule has 6 heteroatoms. The van der Waals surface area contributed by atoms with Gasteiger partial charge in [-0.3, -0.25) is 4.79 Å². The summed E-state index contributed by atoms with van der Waals surface area (Å²) in [7, 11) is 0. The predicted octanol–water partition coefficient (Wildman–Crippen LogP) is 4.66. The number of H-pyrrole nitrogens is 1. The van der Waals surface area contributed by atoms with Crippen LogP contribution in [0.25, 0.3) is 11.1 Å². The van der Waals surface area contributed by atoms with Crippen molar-refractivity contribution in [3.05, 3.63) is 54.8 Å². The molecule has 17 heavy (non-hydrogen) atoms. The molecule has 1 aromatic carbocycles. The van der Waals surface area contributed by atoms with E-state index in [4.69, 9.17) is 46.4 Å². The Kier molecular flexibility index (Phi) is 3.69. The van der Waals surface area contributed by atoms with Crippen molar-refractivity contribution in [2.24, 2.45) is 0 Å². The number of hydrogen-bond acceptors (Lipinski definition) is 1. The zero-order chi connectivity index (χ0) is 12.6. The van der Waals surface area contributed by atoms with Crippen LogP contribution in [0.5, 0.6) is 0 Å². The van der Waals surface area contributed by atoms with Gasteiger partial charge in [0.2, 0.25) is 0 Å². The Morgan fingerprint density at radius 3 is 2.18 bits per heavy atom. The van der Waals surface area contributed by atoms with Gasteiger partial charge in [0.25, 0.3) is 5.56 Å². The first-order valence-corrected chi connectivity index (χ1v) is 6.04. The van der Waals surface area contributed by atoms with Gasteiger partial charge >= 0.3 is 0 Å². The van der Waals surface area contributed by atoms with Gasteiger partial charge in [-0.15, -0.1) is 0 Å². The average Bonchev–Trinajstić information content (AvgIpc) is 2.31. The lowest BCUT2D eigenvalue weighted by molar-refractivity contribution is 1.24. The van der Waals surface area contributed by atoms with E-state index in [1.165, 1.54) is 6.20 Å². The van der Waals surface area contributed by atoms with Crippen molar-refractivity contribution in [2.45, 2.75) is 0 Å². The highest BCUT2D eigenvalue weighted by atomic mass is 35.5. The van der Waals surface area contributed by atoms with Gasteiger partial charge in [0.15, 0.2) is 0 Å². The van der Waals surface area contributed by atoms with Crippen LogP contribution in [0.3, 0.4) is 0 Å². The maximum atomic E-state index is 11.4. The van der Waals surface area contributed by atoms with E-state index >= 15 is 0 Å². The third-order valence-corrected chi connectivity index (χ3v) is 3.89. The normalized spacial score (nSPS) is 10.6. The topological polar surface area (TPSA) is 32.9 Å². The van der Waals surface area contributed by atoms with Crippen LogP contribution in [0.2, 0.25) is 20.1 Å². The van der Waals surface area contributed by atoms with Gasteiger partial charge in [0.05, 0.1) is 15.1 Å². The maximum absolute atomic E-state index is 11.4. The number of aromatic nitrogens is 1. The van der Waals surface area contributed by atoms with Crippen LogP contribution in [0.4, 0.5) is 0 Å². The van der Waals surface area contributed by atoms with Crippen molar-refractivity contribution in [1.82, 2.24) is 4.98 Å². The standard InChI is InChI=1S/C11H5Cl4NO/c12-7-2-1-5(8(13)10(7)15)6-3-4-16-11(17)9(6)14/h1-4H,(H,16,17). The Hall–Kier alpha value is -0.670. The Labute approximate surface area is 117 Å². The monoisotopic (exact) mass is 307 g/mol. The number of halogens is 4. The largest absolute Gasteiger partial charge is 0.328 e. The zero-order valence-electron chi connectivity index (χ0n) is 8.23. The van der Waals surface area contributed by atoms with Crippen molar-refractivity contribution in [1.29, 1.82) is 0 Å². The molecule has 0 bridgehead atoms. The van der Waals surface area contributed by atoms with E-state index in [0.717, 1.165) is 0 Å². The second kappa shape index (κ2) is 4.91. The fraction of sp³-hybridized carbons (Fsp3) is 0. The first-order chi connectivity index (χ1) is 8.02. The van der Waals surface area contributed by atoms with Crippen LogP contribution in [0.15, 0.2) is 29.2 Å². The average molecular weight is 309 g/mol. The molecule has 2 aromatic rings. The molecule has 2 nitrogen and oxygen atoms in total. The fourth-order valence-electron chi connectivity index (χ4n) is 1.40. The van der Waals surface area contributed by atoms with Crippen molar-refractivity contribution >= 4 is 46.4 Å². The lowest BCUT2D eigenvalue weighted by Crippen LogP contribution is -2.05. The Morgan fingerprint density at radius 2 is 1.47 bits per heavy atom. The fourth-order valence-corrected chi connectivity index (χ4v) is 2.26. The smallest absolute Gasteiger partial charge is 0.267 e. The molecule has 2 rings (SSSR count). The molecule has 0 radical (unpaired) electrons. The molecule has 0 aliphatic rings. The molecule has 0 amide bonds. The second-order valence-corrected chi connectivity index (χ2v) is 4.80. The molecular weight excluding hydrogens is 304 g/mol. The molecule has 0 atom stereocenters. The Morgan fingerprint density at radius 1 is 0.824 bits per heavy atom. The van der Waals surface area contributed by atoms with Crippen molar-refractivity contribution in [2.75, 3.05) is 0 Å². The summed E-state index contributed by atoms with van der Waals surface area (Å²) in [6.45, 7) is 0. The highest BCUT2D eigenvalue weighted by Crippen LogP contribution is 2.39. The summed E-state index contributed by atoms with van der Waals surface area (Å²) in [6.07, 6.45) is 1.49. The molecular formula is C11H5Cl4NO. The molecule has 0 unspecified atom stereocenters. The third kappa shape index (κ3) is 2.31. The molecule has 1 N–H and O–H groups in total. The van der Waals surface area contributed by atoms with Gasteiger partial charge in [-0.25, -0.2) is 0 Å². The molecule has 0 aliphatic carbocycles. The third-order valence-electron chi connectivity index (χ3n) is 2.23. The molecule has 0 saturated carbocycles. The molecule has 1 aromatic heterocycles. The summed E-state index contributed by atoms with van der Waals surface area (Å²) in [6, 6.07) is 4.91. The van der Waals surface area contributed by atoms with Crippen LogP contribution in [-0.4, -0.2) is 4.98 Å². The number of hydrogen-bond donors (Lipinski definition) is 1. The van der Waals surface area contributed by atoms with Gasteiger partial charge in [-0.1, -0.05) is 52.5 Å². The lowest BCUT2D eigenvalue weighted by atomic mass is 10.1. The summed E-state index contributed by atoms with van der Waals surface area (Å²) >= 11 is 23.7. The second-order valence-electron chi connectivity index (χ2n) is 3.26. The SMILES string of the molecule is O=c1[nH]ccc(-c2ccc(Cl)c(Cl)c2Cl)c1Cl. The van der Waals surface area contributed by atoms with Crippen LogP contribution < -0.4 is 5.56 Å². The van der Waals surface area contributed by atoms with Crippen LogP contribution in [-0.2, 0) is 0 Å². The maximum Gasteiger partial charge on any atom is 0.267 e. The lowest BCUT2D eigenvalue weighted by Gasteiger charge is -2.08. The molecule has 0 aliphatic heterocycles. The summed E-state index contributed by atoms with van der Waals surface area (Å²) in [4.78, 5) is 13.9. The van der Waals surface area contributed by atoms with Crippen molar-refractivity contribution in [3.63, 3.8) is 0 Å². The quantitative estimate of drug-likeness (QED) is 0.764. The minimum absolute atomic E-state index is 0.0628. The molecule has 0 saturated heterocycles. The van der Waals surface area contributed by atoms with Gasteiger partial charge in [-0.05, 0) is 12.1 Å². The summed E-state index contributed by atoms with van der Waals surface area (Å²) in [5.74, 6) is 0. The molecule has 88 valence electrons. The number of nitrogens with one attached hydrogen (secondary N) is 1. The number of pyridine rings is 1. The number of aromatic amines is 1. The van der Waals surface area contributed by atoms with Crippen molar-refractivity contribution in [3.8, 4) is 11.1 Å². The number of rotatable bonds is 1. The zero-order valence-corrected chi connectivity index (χ0v) is 11.3. The van der Waals surface area contributed by atoms with E-state index in [1.54, 1.807) is 18.2 Å². The Bertz CT molecular complexity index is 636. The van der Waals surface area contributed by atoms with Crippen LogP contribution >= 0.6 is 46.4 Å². The first-order valence-electron chi connectivity index (χ1n) is 4.53. The van der Waals surface area contributed by atoms with E-state index in [2.05, 4.69) is 4.98 Å². The molecule has 0 fully saturated rings. The first kappa shape index (κ1) is 12.8. The predicted molar refractivity (Wildman–Crippen MR) is 72.5 cm³/mol. The molecule has 0 spiro atoms. The summed E-state index contributed by atoms with van der Waals surface area (Å²) in [5.41, 5.74) is 0.697. The van der Waals surface area contributed by atoms with Crippen LogP contribution in [0.1, 0.15) is 0 Å². The van der Waals surface area contributed by atoms with Crippen molar-refractivity contribution < 1.29 is 0 Å². The van der Waals surface area contributed by atoms with Gasteiger partial charge in [0, 0.05) is 17.3 Å².